The quantitative estimate of drug-likeness (QED) is 0.808. The third-order valence-electron chi connectivity index (χ3n) is 4.16. The van der Waals surface area contributed by atoms with Crippen molar-refractivity contribution in [2.24, 2.45) is 7.05 Å². The van der Waals surface area contributed by atoms with Gasteiger partial charge in [0.1, 0.15) is 5.69 Å². The maximum absolute atomic E-state index is 13.2. The summed E-state index contributed by atoms with van der Waals surface area (Å²) in [4.78, 5) is 38.3. The van der Waals surface area contributed by atoms with Crippen LogP contribution in [-0.4, -0.2) is 26.6 Å². The van der Waals surface area contributed by atoms with Gasteiger partial charge in [0.2, 0.25) is 5.78 Å². The van der Waals surface area contributed by atoms with Gasteiger partial charge in [0.05, 0.1) is 24.8 Å². The number of hydrogen-bond acceptors (Lipinski definition) is 5. The van der Waals surface area contributed by atoms with E-state index in [-0.39, 0.29) is 35.9 Å². The van der Waals surface area contributed by atoms with Crippen molar-refractivity contribution in [3.05, 3.63) is 67.0 Å². The summed E-state index contributed by atoms with van der Waals surface area (Å²) < 4.78 is 2.08. The second-order valence-electron chi connectivity index (χ2n) is 6.47. The number of carbonyl (C=O) groups excluding carboxylic acids is 1. The molecule has 1 aromatic heterocycles. The average molecular weight is 355 g/mol. The molecule has 0 spiro atoms. The summed E-state index contributed by atoms with van der Waals surface area (Å²) in [7, 11) is 1.35. The summed E-state index contributed by atoms with van der Waals surface area (Å²) >= 11 is 0. The molecular weight excluding hydrogens is 334 g/mol. The fourth-order valence-corrected chi connectivity index (χ4v) is 2.98. The molecule has 2 rings (SSSR count). The minimum atomic E-state index is -0.662. The van der Waals surface area contributed by atoms with E-state index in [4.69, 9.17) is 5.26 Å². The fourth-order valence-electron chi connectivity index (χ4n) is 2.98. The smallest absolute Gasteiger partial charge is 0.331 e. The van der Waals surface area contributed by atoms with Gasteiger partial charge in [-0.3, -0.25) is 18.7 Å². The van der Waals surface area contributed by atoms with Gasteiger partial charge in [-0.1, -0.05) is 13.8 Å². The Labute approximate surface area is 150 Å². The third-order valence-corrected chi connectivity index (χ3v) is 4.16. The van der Waals surface area contributed by atoms with Gasteiger partial charge in [-0.05, 0) is 36.6 Å². The number of aliphatic hydroxyl groups excluding tert-OH is 1. The Morgan fingerprint density at radius 3 is 2.46 bits per heavy atom. The van der Waals surface area contributed by atoms with Crippen molar-refractivity contribution in [3.8, 4) is 6.07 Å². The molecule has 0 unspecified atom stereocenters. The van der Waals surface area contributed by atoms with E-state index in [1.165, 1.54) is 13.1 Å². The second-order valence-corrected chi connectivity index (χ2v) is 6.47. The molecule has 0 aliphatic rings. The fraction of sp³-hybridized carbons (Fsp3) is 0.368. The highest BCUT2D eigenvalue weighted by atomic mass is 16.3. The molecule has 136 valence electrons. The normalized spacial score (nSPS) is 10.8. The summed E-state index contributed by atoms with van der Waals surface area (Å²) in [6.45, 7) is 4.82. The van der Waals surface area contributed by atoms with Gasteiger partial charge in [0.15, 0.2) is 0 Å². The molecule has 7 heteroatoms. The van der Waals surface area contributed by atoms with Gasteiger partial charge >= 0.3 is 5.69 Å². The summed E-state index contributed by atoms with van der Waals surface area (Å²) in [5.41, 5.74) is 0.253. The summed E-state index contributed by atoms with van der Waals surface area (Å²) in [6.07, 6.45) is 0. The van der Waals surface area contributed by atoms with E-state index in [0.29, 0.717) is 5.56 Å². The van der Waals surface area contributed by atoms with Crippen LogP contribution in [0.5, 0.6) is 0 Å². The summed E-state index contributed by atoms with van der Waals surface area (Å²) in [5, 5.41) is 18.5. The van der Waals surface area contributed by atoms with Gasteiger partial charge < -0.3 is 5.11 Å². The lowest BCUT2D eigenvalue weighted by Crippen LogP contribution is -2.44. The molecule has 1 N–H and O–H groups in total. The Balaban J connectivity index is 2.89. The number of nitriles is 1. The topological polar surface area (TPSA) is 105 Å². The SMILES string of the molecule is Cc1cc(C#N)cc(C(=O)c2c(C(C)C)c(=O)n(C)c(=O)n2CCO)c1. The molecule has 0 fully saturated rings. The monoisotopic (exact) mass is 355 g/mol. The lowest BCUT2D eigenvalue weighted by Gasteiger charge is -2.19. The predicted molar refractivity (Wildman–Crippen MR) is 96.4 cm³/mol. The van der Waals surface area contributed by atoms with Crippen LogP contribution in [0.25, 0.3) is 0 Å². The summed E-state index contributed by atoms with van der Waals surface area (Å²) in [6, 6.07) is 6.69. The van der Waals surface area contributed by atoms with E-state index in [1.54, 1.807) is 32.9 Å². The molecule has 26 heavy (non-hydrogen) atoms. The van der Waals surface area contributed by atoms with Gasteiger partial charge in [0.25, 0.3) is 5.56 Å². The molecule has 1 heterocycles. The van der Waals surface area contributed by atoms with Crippen molar-refractivity contribution < 1.29 is 9.90 Å². The van der Waals surface area contributed by atoms with E-state index >= 15 is 0 Å². The minimum absolute atomic E-state index is 0.0309. The van der Waals surface area contributed by atoms with Crippen LogP contribution in [0.4, 0.5) is 0 Å². The molecule has 0 bridgehead atoms. The molecule has 0 atom stereocenters. The standard InChI is InChI=1S/C19H21N3O4/c1-11(2)15-16(22(5-6-23)19(26)21(4)18(15)25)17(24)14-8-12(3)7-13(9-14)10-20/h7-9,11,23H,5-6H2,1-4H3. The molecule has 0 saturated carbocycles. The Kier molecular flexibility index (Phi) is 5.58. The number of hydrogen-bond donors (Lipinski definition) is 1. The predicted octanol–water partition coefficient (Wildman–Crippen LogP) is 1.07. The number of rotatable bonds is 5. The van der Waals surface area contributed by atoms with E-state index in [9.17, 15) is 19.5 Å². The van der Waals surface area contributed by atoms with Crippen LogP contribution >= 0.6 is 0 Å². The Hall–Kier alpha value is -2.98. The van der Waals surface area contributed by atoms with Crippen LogP contribution in [0, 0.1) is 18.3 Å². The molecule has 2 aromatic rings. The number of aryl methyl sites for hydroxylation is 1. The third kappa shape index (κ3) is 3.37. The number of carbonyl (C=O) groups is 1. The Morgan fingerprint density at radius 2 is 1.92 bits per heavy atom. The van der Waals surface area contributed by atoms with Crippen LogP contribution in [0.15, 0.2) is 27.8 Å². The maximum Gasteiger partial charge on any atom is 0.331 e. The highest BCUT2D eigenvalue weighted by Crippen LogP contribution is 2.20. The number of aromatic nitrogens is 2. The Bertz CT molecular complexity index is 1020. The first-order chi connectivity index (χ1) is 12.2. The first kappa shape index (κ1) is 19.3. The van der Waals surface area contributed by atoms with Crippen molar-refractivity contribution in [1.29, 1.82) is 5.26 Å². The molecule has 0 amide bonds. The van der Waals surface area contributed by atoms with E-state index < -0.39 is 17.0 Å². The molecule has 0 aliphatic carbocycles. The van der Waals surface area contributed by atoms with Crippen LogP contribution in [0.2, 0.25) is 0 Å². The van der Waals surface area contributed by atoms with Crippen LogP contribution in [0.3, 0.4) is 0 Å². The molecule has 1 aromatic carbocycles. The van der Waals surface area contributed by atoms with Gasteiger partial charge in [-0.2, -0.15) is 5.26 Å². The van der Waals surface area contributed by atoms with Crippen LogP contribution in [-0.2, 0) is 13.6 Å². The zero-order valence-corrected chi connectivity index (χ0v) is 15.2. The highest BCUT2D eigenvalue weighted by Gasteiger charge is 2.26. The van der Waals surface area contributed by atoms with E-state index in [2.05, 4.69) is 0 Å². The number of ketones is 1. The van der Waals surface area contributed by atoms with Crippen LogP contribution in [0.1, 0.15) is 52.5 Å². The molecule has 0 radical (unpaired) electrons. The van der Waals surface area contributed by atoms with Crippen molar-refractivity contribution in [2.75, 3.05) is 6.61 Å². The number of nitrogens with zero attached hydrogens (tertiary/aromatic N) is 3. The first-order valence-corrected chi connectivity index (χ1v) is 8.24. The lowest BCUT2D eigenvalue weighted by atomic mass is 9.95. The molecule has 0 saturated heterocycles. The number of aliphatic hydroxyl groups is 1. The van der Waals surface area contributed by atoms with Gasteiger partial charge in [0, 0.05) is 18.2 Å². The minimum Gasteiger partial charge on any atom is -0.395 e. The number of benzene rings is 1. The zero-order chi connectivity index (χ0) is 19.6. The largest absolute Gasteiger partial charge is 0.395 e. The Morgan fingerprint density at radius 1 is 1.27 bits per heavy atom. The second kappa shape index (κ2) is 7.50. The first-order valence-electron chi connectivity index (χ1n) is 8.24. The zero-order valence-electron chi connectivity index (χ0n) is 15.2. The van der Waals surface area contributed by atoms with Crippen molar-refractivity contribution >= 4 is 5.78 Å². The van der Waals surface area contributed by atoms with Gasteiger partial charge in [-0.25, -0.2) is 4.79 Å². The van der Waals surface area contributed by atoms with E-state index in [1.807, 2.05) is 6.07 Å². The summed E-state index contributed by atoms with van der Waals surface area (Å²) in [5.74, 6) is -0.824. The molecular formula is C19H21N3O4. The van der Waals surface area contributed by atoms with E-state index in [0.717, 1.165) is 14.7 Å². The van der Waals surface area contributed by atoms with Crippen molar-refractivity contribution in [1.82, 2.24) is 9.13 Å². The molecule has 0 aliphatic heterocycles. The van der Waals surface area contributed by atoms with Crippen molar-refractivity contribution in [3.63, 3.8) is 0 Å². The molecule has 7 nitrogen and oxygen atoms in total. The highest BCUT2D eigenvalue weighted by molar-refractivity contribution is 6.09. The average Bonchev–Trinajstić information content (AvgIpc) is 2.60. The lowest BCUT2D eigenvalue weighted by molar-refractivity contribution is 0.102. The van der Waals surface area contributed by atoms with Gasteiger partial charge in [-0.15, -0.1) is 0 Å². The van der Waals surface area contributed by atoms with Crippen molar-refractivity contribution in [2.45, 2.75) is 33.2 Å². The van der Waals surface area contributed by atoms with Crippen LogP contribution < -0.4 is 11.2 Å². The maximum atomic E-state index is 13.2.